The zero-order chi connectivity index (χ0) is 15.8. The molecule has 3 saturated carbocycles. The average molecular weight is 300 g/mol. The lowest BCUT2D eigenvalue weighted by atomic mass is 9.43. The summed E-state index contributed by atoms with van der Waals surface area (Å²) < 4.78 is 0. The predicted molar refractivity (Wildman–Crippen MR) is 90.4 cm³/mol. The molecule has 1 heteroatoms. The van der Waals surface area contributed by atoms with Crippen LogP contribution >= 0.6 is 0 Å². The topological polar surface area (TPSA) is 17.1 Å². The van der Waals surface area contributed by atoms with E-state index in [1.165, 1.54) is 32.1 Å². The SMILES string of the molecule is CC1(C)C=CC[C@@]2(C)C1CC[C@@H]1[C@@H]2CC[C@]2(C)C(=O)CC[C@@H]12. The van der Waals surface area contributed by atoms with Crippen LogP contribution in [0.4, 0.5) is 0 Å². The van der Waals surface area contributed by atoms with Crippen molar-refractivity contribution in [1.29, 1.82) is 0 Å². The predicted octanol–water partition coefficient (Wildman–Crippen LogP) is 5.40. The first-order valence-corrected chi connectivity index (χ1v) is 9.50. The van der Waals surface area contributed by atoms with Crippen molar-refractivity contribution in [3.8, 4) is 0 Å². The molecule has 0 aromatic heterocycles. The number of fused-ring (bicyclic) bond motifs is 5. The van der Waals surface area contributed by atoms with E-state index in [4.69, 9.17) is 0 Å². The molecule has 0 saturated heterocycles. The van der Waals surface area contributed by atoms with Crippen molar-refractivity contribution in [3.05, 3.63) is 12.2 Å². The molecule has 0 aliphatic heterocycles. The number of rotatable bonds is 0. The van der Waals surface area contributed by atoms with Crippen molar-refractivity contribution in [2.24, 2.45) is 39.9 Å². The Morgan fingerprint density at radius 2 is 1.77 bits per heavy atom. The number of hydrogen-bond donors (Lipinski definition) is 0. The third-order valence-corrected chi connectivity index (χ3v) is 8.58. The molecule has 4 aliphatic rings. The van der Waals surface area contributed by atoms with Crippen molar-refractivity contribution >= 4 is 5.78 Å². The molecule has 0 heterocycles. The molecule has 1 nitrogen and oxygen atoms in total. The number of ketones is 1. The maximum atomic E-state index is 12.5. The van der Waals surface area contributed by atoms with Gasteiger partial charge in [0.1, 0.15) is 5.78 Å². The number of carbonyl (C=O) groups excluding carboxylic acids is 1. The molecule has 1 unspecified atom stereocenters. The van der Waals surface area contributed by atoms with Gasteiger partial charge in [-0.05, 0) is 73.0 Å². The van der Waals surface area contributed by atoms with Crippen LogP contribution in [0.1, 0.15) is 72.6 Å². The van der Waals surface area contributed by atoms with Crippen molar-refractivity contribution < 1.29 is 4.79 Å². The van der Waals surface area contributed by atoms with Gasteiger partial charge in [-0.15, -0.1) is 0 Å². The van der Waals surface area contributed by atoms with Crippen LogP contribution in [0.2, 0.25) is 0 Å². The van der Waals surface area contributed by atoms with E-state index in [1.54, 1.807) is 0 Å². The highest BCUT2D eigenvalue weighted by molar-refractivity contribution is 5.87. The van der Waals surface area contributed by atoms with E-state index in [1.807, 2.05) is 0 Å². The summed E-state index contributed by atoms with van der Waals surface area (Å²) in [6.07, 6.45) is 13.4. The Bertz CT molecular complexity index is 530. The summed E-state index contributed by atoms with van der Waals surface area (Å²) in [7, 11) is 0. The van der Waals surface area contributed by atoms with E-state index in [-0.39, 0.29) is 5.41 Å². The number of allylic oxidation sites excluding steroid dienone is 2. The van der Waals surface area contributed by atoms with Crippen LogP contribution in [0.15, 0.2) is 12.2 Å². The summed E-state index contributed by atoms with van der Waals surface area (Å²) >= 11 is 0. The molecule has 0 bridgehead atoms. The molecule has 0 radical (unpaired) electrons. The molecule has 0 spiro atoms. The van der Waals surface area contributed by atoms with Crippen LogP contribution < -0.4 is 0 Å². The van der Waals surface area contributed by atoms with Crippen molar-refractivity contribution in [2.75, 3.05) is 0 Å². The number of carbonyl (C=O) groups is 1. The zero-order valence-electron chi connectivity index (χ0n) is 14.8. The molecule has 122 valence electrons. The van der Waals surface area contributed by atoms with Crippen LogP contribution in [0.3, 0.4) is 0 Å². The van der Waals surface area contributed by atoms with Crippen LogP contribution in [0.5, 0.6) is 0 Å². The minimum atomic E-state index is 0.0321. The molecule has 4 rings (SSSR count). The fraction of sp³-hybridized carbons (Fsp3) is 0.857. The lowest BCUT2D eigenvalue weighted by molar-refractivity contribution is -0.140. The van der Waals surface area contributed by atoms with Gasteiger partial charge < -0.3 is 0 Å². The van der Waals surface area contributed by atoms with Crippen LogP contribution in [-0.4, -0.2) is 5.78 Å². The lowest BCUT2D eigenvalue weighted by Gasteiger charge is -2.61. The maximum Gasteiger partial charge on any atom is 0.139 e. The van der Waals surface area contributed by atoms with Crippen molar-refractivity contribution in [1.82, 2.24) is 0 Å². The molecule has 6 atom stereocenters. The molecular formula is C21H32O. The smallest absolute Gasteiger partial charge is 0.139 e. The Hall–Kier alpha value is -0.590. The molecule has 22 heavy (non-hydrogen) atoms. The Morgan fingerprint density at radius 1 is 1.00 bits per heavy atom. The highest BCUT2D eigenvalue weighted by Gasteiger charge is 2.61. The largest absolute Gasteiger partial charge is 0.299 e. The third kappa shape index (κ3) is 1.74. The summed E-state index contributed by atoms with van der Waals surface area (Å²) in [5, 5.41) is 0. The first-order chi connectivity index (χ1) is 10.3. The van der Waals surface area contributed by atoms with Crippen molar-refractivity contribution in [2.45, 2.75) is 72.6 Å². The van der Waals surface area contributed by atoms with E-state index in [0.717, 1.165) is 30.6 Å². The molecule has 0 amide bonds. The van der Waals surface area contributed by atoms with Gasteiger partial charge in [0, 0.05) is 11.8 Å². The van der Waals surface area contributed by atoms with Gasteiger partial charge in [0.05, 0.1) is 0 Å². The molecular weight excluding hydrogens is 268 g/mol. The molecule has 4 aliphatic carbocycles. The van der Waals surface area contributed by atoms with E-state index >= 15 is 0 Å². The van der Waals surface area contributed by atoms with E-state index in [9.17, 15) is 4.79 Å². The number of Topliss-reactive ketones (excluding diaryl/α,β-unsaturated/α-hetero) is 1. The highest BCUT2D eigenvalue weighted by Crippen LogP contribution is 2.67. The summed E-state index contributed by atoms with van der Waals surface area (Å²) in [5.74, 6) is 3.75. The van der Waals surface area contributed by atoms with Gasteiger partial charge in [0.2, 0.25) is 0 Å². The first-order valence-electron chi connectivity index (χ1n) is 9.50. The highest BCUT2D eigenvalue weighted by atomic mass is 16.1. The van der Waals surface area contributed by atoms with Gasteiger partial charge in [-0.1, -0.05) is 39.8 Å². The van der Waals surface area contributed by atoms with Gasteiger partial charge in [0.15, 0.2) is 0 Å². The van der Waals surface area contributed by atoms with E-state index in [2.05, 4.69) is 39.8 Å². The second-order valence-corrected chi connectivity index (χ2v) is 9.86. The number of hydrogen-bond acceptors (Lipinski definition) is 1. The van der Waals surface area contributed by atoms with Gasteiger partial charge in [0.25, 0.3) is 0 Å². The third-order valence-electron chi connectivity index (χ3n) is 8.58. The quantitative estimate of drug-likeness (QED) is 0.547. The molecule has 0 N–H and O–H groups in total. The van der Waals surface area contributed by atoms with Crippen LogP contribution in [-0.2, 0) is 4.79 Å². The Labute approximate surface area is 135 Å². The Morgan fingerprint density at radius 3 is 2.55 bits per heavy atom. The normalized spacial score (nSPS) is 52.8. The van der Waals surface area contributed by atoms with Crippen molar-refractivity contribution in [3.63, 3.8) is 0 Å². The van der Waals surface area contributed by atoms with Crippen LogP contribution in [0, 0.1) is 39.9 Å². The second-order valence-electron chi connectivity index (χ2n) is 9.86. The van der Waals surface area contributed by atoms with Gasteiger partial charge in [-0.2, -0.15) is 0 Å². The Kier molecular flexibility index (Phi) is 3.05. The second kappa shape index (κ2) is 4.48. The fourth-order valence-electron chi connectivity index (χ4n) is 7.48. The summed E-state index contributed by atoms with van der Waals surface area (Å²) in [4.78, 5) is 12.5. The lowest BCUT2D eigenvalue weighted by Crippen LogP contribution is -2.55. The standard InChI is InChI=1S/C21H32O/c1-19(2)11-5-12-20(3)16-10-13-21(4)15(7-9-18(21)22)14(16)6-8-17(19)20/h5,11,14-17H,6-10,12-13H2,1-4H3/t14-,15-,16-,17?,20+,21-/m0/s1. The van der Waals surface area contributed by atoms with Gasteiger partial charge in [-0.3, -0.25) is 4.79 Å². The summed E-state index contributed by atoms with van der Waals surface area (Å²) in [6.45, 7) is 9.76. The minimum absolute atomic E-state index is 0.0321. The fourth-order valence-corrected chi connectivity index (χ4v) is 7.48. The summed E-state index contributed by atoms with van der Waals surface area (Å²) in [5.41, 5.74) is 0.850. The molecule has 3 fully saturated rings. The zero-order valence-corrected chi connectivity index (χ0v) is 14.8. The maximum absolute atomic E-state index is 12.5. The summed E-state index contributed by atoms with van der Waals surface area (Å²) in [6, 6.07) is 0. The average Bonchev–Trinajstić information content (AvgIpc) is 2.74. The molecule has 0 aromatic carbocycles. The minimum Gasteiger partial charge on any atom is -0.299 e. The first kappa shape index (κ1) is 15.0. The monoisotopic (exact) mass is 300 g/mol. The molecule has 0 aromatic rings. The van der Waals surface area contributed by atoms with E-state index < -0.39 is 0 Å². The van der Waals surface area contributed by atoms with Crippen LogP contribution in [0.25, 0.3) is 0 Å². The Balaban J connectivity index is 1.70. The van der Waals surface area contributed by atoms with Gasteiger partial charge in [-0.25, -0.2) is 0 Å². The van der Waals surface area contributed by atoms with Gasteiger partial charge >= 0.3 is 0 Å². The van der Waals surface area contributed by atoms with E-state index in [0.29, 0.717) is 22.5 Å².